The largest absolute Gasteiger partial charge is 0.481 e. The molecule has 2 rings (SSSR count). The second-order valence-electron chi connectivity index (χ2n) is 5.48. The highest BCUT2D eigenvalue weighted by atomic mass is 32.1. The zero-order chi connectivity index (χ0) is 14.0. The molecular weight excluding hydrogens is 260 g/mol. The van der Waals surface area contributed by atoms with Crippen LogP contribution in [0.5, 0.6) is 0 Å². The molecule has 5 heteroatoms. The van der Waals surface area contributed by atoms with Crippen molar-refractivity contribution in [2.75, 3.05) is 18.5 Å². The smallest absolute Gasteiger partial charge is 0.312 e. The Morgan fingerprint density at radius 1 is 1.63 bits per heavy atom. The van der Waals surface area contributed by atoms with E-state index in [0.29, 0.717) is 5.92 Å². The normalized spacial score (nSPS) is 19.8. The van der Waals surface area contributed by atoms with Gasteiger partial charge >= 0.3 is 5.97 Å². The molecule has 0 saturated heterocycles. The summed E-state index contributed by atoms with van der Waals surface area (Å²) >= 11 is 1.67. The molecule has 0 spiro atoms. The van der Waals surface area contributed by atoms with Crippen molar-refractivity contribution in [3.8, 4) is 0 Å². The number of fused-ring (bicyclic) bond motifs is 1. The maximum Gasteiger partial charge on any atom is 0.312 e. The molecule has 1 aliphatic carbocycles. The molecule has 0 amide bonds. The van der Waals surface area contributed by atoms with Crippen molar-refractivity contribution in [1.82, 2.24) is 4.98 Å². The van der Waals surface area contributed by atoms with Crippen molar-refractivity contribution in [1.29, 1.82) is 0 Å². The maximum absolute atomic E-state index is 11.3. The van der Waals surface area contributed by atoms with Gasteiger partial charge in [0, 0.05) is 18.5 Å². The molecule has 2 unspecified atom stereocenters. The summed E-state index contributed by atoms with van der Waals surface area (Å²) in [5.41, 5.74) is 0.815. The van der Waals surface area contributed by atoms with Crippen LogP contribution in [0.4, 0.5) is 5.13 Å². The maximum atomic E-state index is 11.3. The first-order valence-corrected chi connectivity index (χ1v) is 7.78. The molecule has 1 N–H and O–H groups in total. The fraction of sp³-hybridized carbons (Fsp3) is 0.714. The molecule has 4 nitrogen and oxygen atoms in total. The van der Waals surface area contributed by atoms with Gasteiger partial charge in [-0.05, 0) is 25.2 Å². The van der Waals surface area contributed by atoms with Gasteiger partial charge in [-0.1, -0.05) is 20.3 Å². The molecule has 1 aromatic heterocycles. The molecule has 0 bridgehead atoms. The van der Waals surface area contributed by atoms with Crippen LogP contribution in [0.15, 0.2) is 0 Å². The molecule has 1 heterocycles. The summed E-state index contributed by atoms with van der Waals surface area (Å²) in [6, 6.07) is 0. The third kappa shape index (κ3) is 3.08. The molecule has 19 heavy (non-hydrogen) atoms. The Bertz CT molecular complexity index is 458. The van der Waals surface area contributed by atoms with E-state index in [0.717, 1.165) is 43.1 Å². The summed E-state index contributed by atoms with van der Waals surface area (Å²) in [6.45, 7) is 5.39. The highest BCUT2D eigenvalue weighted by Gasteiger charge is 2.30. The van der Waals surface area contributed by atoms with Crippen molar-refractivity contribution >= 4 is 22.4 Å². The van der Waals surface area contributed by atoms with Crippen LogP contribution < -0.4 is 4.90 Å². The predicted octanol–water partition coefficient (Wildman–Crippen LogP) is 3.13. The van der Waals surface area contributed by atoms with Gasteiger partial charge in [-0.15, -0.1) is 11.3 Å². The molecule has 0 aromatic carbocycles. The molecule has 0 saturated carbocycles. The van der Waals surface area contributed by atoms with E-state index in [4.69, 9.17) is 0 Å². The predicted molar refractivity (Wildman–Crippen MR) is 78.2 cm³/mol. The third-order valence-corrected chi connectivity index (χ3v) is 5.10. The third-order valence-electron chi connectivity index (χ3n) is 3.85. The Balaban J connectivity index is 2.19. The van der Waals surface area contributed by atoms with E-state index in [2.05, 4.69) is 23.7 Å². The molecule has 2 atom stereocenters. The zero-order valence-corrected chi connectivity index (χ0v) is 12.7. The van der Waals surface area contributed by atoms with Crippen LogP contribution in [0, 0.1) is 5.92 Å². The number of thiazole rings is 1. The molecule has 106 valence electrons. The van der Waals surface area contributed by atoms with Gasteiger partial charge in [0.05, 0.1) is 5.69 Å². The summed E-state index contributed by atoms with van der Waals surface area (Å²) in [5.74, 6) is -0.505. The number of carboxylic acid groups (broad SMARTS) is 1. The number of carboxylic acids is 1. The average Bonchev–Trinajstić information content (AvgIpc) is 2.81. The Labute approximate surface area is 118 Å². The van der Waals surface area contributed by atoms with Crippen LogP contribution in [-0.2, 0) is 11.2 Å². The molecule has 1 aliphatic rings. The quantitative estimate of drug-likeness (QED) is 0.901. The van der Waals surface area contributed by atoms with Gasteiger partial charge in [0.15, 0.2) is 5.13 Å². The number of aliphatic carboxylic acids is 1. The first kappa shape index (κ1) is 14.3. The van der Waals surface area contributed by atoms with Gasteiger partial charge < -0.3 is 10.0 Å². The Morgan fingerprint density at radius 3 is 3.00 bits per heavy atom. The summed E-state index contributed by atoms with van der Waals surface area (Å²) in [4.78, 5) is 19.2. The monoisotopic (exact) mass is 282 g/mol. The molecule has 0 radical (unpaired) electrons. The van der Waals surface area contributed by atoms with Gasteiger partial charge in [-0.2, -0.15) is 0 Å². The van der Waals surface area contributed by atoms with Crippen LogP contribution in [0.3, 0.4) is 0 Å². The molecule has 1 aromatic rings. The van der Waals surface area contributed by atoms with Gasteiger partial charge in [-0.3, -0.25) is 4.79 Å². The lowest BCUT2D eigenvalue weighted by atomic mass is 9.91. The highest BCUT2D eigenvalue weighted by Crippen LogP contribution is 2.37. The topological polar surface area (TPSA) is 53.4 Å². The first-order chi connectivity index (χ1) is 9.02. The van der Waals surface area contributed by atoms with Gasteiger partial charge in [0.1, 0.15) is 5.92 Å². The number of hydrogen-bond donors (Lipinski definition) is 1. The lowest BCUT2D eigenvalue weighted by molar-refractivity contribution is -0.139. The van der Waals surface area contributed by atoms with Crippen LogP contribution in [0.2, 0.25) is 0 Å². The Hall–Kier alpha value is -1.10. The lowest BCUT2D eigenvalue weighted by Crippen LogP contribution is -2.23. The number of rotatable bonds is 5. The summed E-state index contributed by atoms with van der Waals surface area (Å²) in [7, 11) is 2.05. The first-order valence-electron chi connectivity index (χ1n) is 6.96. The SMILES string of the molecule is CCC(C)CN(C)c1nc2c(s1)CCCC2C(=O)O. The summed E-state index contributed by atoms with van der Waals surface area (Å²) < 4.78 is 0. The van der Waals surface area contributed by atoms with Crippen LogP contribution in [-0.4, -0.2) is 29.7 Å². The molecule has 0 fully saturated rings. The molecule has 0 aliphatic heterocycles. The zero-order valence-electron chi connectivity index (χ0n) is 11.8. The van der Waals surface area contributed by atoms with Gasteiger partial charge in [0.2, 0.25) is 0 Å². The minimum atomic E-state index is -0.734. The Kier molecular flexibility index (Phi) is 4.45. The number of carbonyl (C=O) groups is 1. The van der Waals surface area contributed by atoms with Crippen molar-refractivity contribution in [3.05, 3.63) is 10.6 Å². The van der Waals surface area contributed by atoms with E-state index in [-0.39, 0.29) is 0 Å². The summed E-state index contributed by atoms with van der Waals surface area (Å²) in [5, 5.41) is 10.2. The van der Waals surface area contributed by atoms with E-state index in [1.54, 1.807) is 11.3 Å². The number of aryl methyl sites for hydroxylation is 1. The van der Waals surface area contributed by atoms with Crippen LogP contribution >= 0.6 is 11.3 Å². The number of nitrogens with zero attached hydrogens (tertiary/aromatic N) is 2. The van der Waals surface area contributed by atoms with E-state index >= 15 is 0 Å². The Morgan fingerprint density at radius 2 is 2.37 bits per heavy atom. The fourth-order valence-electron chi connectivity index (χ4n) is 2.48. The number of anilines is 1. The van der Waals surface area contributed by atoms with Crippen LogP contribution in [0.25, 0.3) is 0 Å². The van der Waals surface area contributed by atoms with Crippen LogP contribution in [0.1, 0.15) is 49.6 Å². The van der Waals surface area contributed by atoms with E-state index in [9.17, 15) is 9.90 Å². The average molecular weight is 282 g/mol. The minimum absolute atomic E-state index is 0.397. The second kappa shape index (κ2) is 5.90. The van der Waals surface area contributed by atoms with E-state index in [1.165, 1.54) is 4.88 Å². The van der Waals surface area contributed by atoms with Gasteiger partial charge in [0.25, 0.3) is 0 Å². The number of hydrogen-bond acceptors (Lipinski definition) is 4. The fourth-order valence-corrected chi connectivity index (χ4v) is 3.62. The number of aromatic nitrogens is 1. The minimum Gasteiger partial charge on any atom is -0.481 e. The van der Waals surface area contributed by atoms with Crippen molar-refractivity contribution < 1.29 is 9.90 Å². The van der Waals surface area contributed by atoms with Crippen molar-refractivity contribution in [2.24, 2.45) is 5.92 Å². The van der Waals surface area contributed by atoms with Crippen molar-refractivity contribution in [3.63, 3.8) is 0 Å². The lowest BCUT2D eigenvalue weighted by Gasteiger charge is -2.19. The van der Waals surface area contributed by atoms with Gasteiger partial charge in [-0.25, -0.2) is 4.98 Å². The van der Waals surface area contributed by atoms with Crippen molar-refractivity contribution in [2.45, 2.75) is 45.4 Å². The van der Waals surface area contributed by atoms with E-state index < -0.39 is 11.9 Å². The molecular formula is C14H22N2O2S. The highest BCUT2D eigenvalue weighted by molar-refractivity contribution is 7.15. The summed E-state index contributed by atoms with van der Waals surface area (Å²) in [6.07, 6.45) is 3.81. The second-order valence-corrected chi connectivity index (χ2v) is 6.54. The van der Waals surface area contributed by atoms with E-state index in [1.807, 2.05) is 7.05 Å². The standard InChI is InChI=1S/C14H22N2O2S/c1-4-9(2)8-16(3)14-15-12-10(13(17)18)6-5-7-11(12)19-14/h9-10H,4-8H2,1-3H3,(H,17,18).